The number of rotatable bonds is 3. The quantitative estimate of drug-likeness (QED) is 0.855. The molecule has 1 heterocycles. The third-order valence-corrected chi connectivity index (χ3v) is 4.59. The second-order valence-electron chi connectivity index (χ2n) is 3.84. The standard InChI is InChI=1S/C9H9BrN4O2S/c10-7-3-6(4-13-8(7)12)17(15,16)14-9(5-11)1-2-9/h3-4,14H,1-2H2,(H2,12,13). The Kier molecular flexibility index (Phi) is 2.85. The Morgan fingerprint density at radius 3 is 2.71 bits per heavy atom. The van der Waals surface area contributed by atoms with Crippen LogP contribution >= 0.6 is 15.9 Å². The lowest BCUT2D eigenvalue weighted by Crippen LogP contribution is -2.35. The first kappa shape index (κ1) is 12.3. The molecule has 0 radical (unpaired) electrons. The van der Waals surface area contributed by atoms with Crippen molar-refractivity contribution in [2.45, 2.75) is 23.3 Å². The number of nitrogens with one attached hydrogen (secondary N) is 1. The van der Waals surface area contributed by atoms with Crippen molar-refractivity contribution < 1.29 is 8.42 Å². The minimum Gasteiger partial charge on any atom is -0.383 e. The van der Waals surface area contributed by atoms with Gasteiger partial charge in [-0.2, -0.15) is 9.98 Å². The van der Waals surface area contributed by atoms with E-state index in [9.17, 15) is 8.42 Å². The van der Waals surface area contributed by atoms with Gasteiger partial charge < -0.3 is 5.73 Å². The van der Waals surface area contributed by atoms with E-state index in [1.165, 1.54) is 6.07 Å². The van der Waals surface area contributed by atoms with Crippen LogP contribution in [0.4, 0.5) is 5.82 Å². The van der Waals surface area contributed by atoms with E-state index in [-0.39, 0.29) is 10.7 Å². The van der Waals surface area contributed by atoms with E-state index in [0.29, 0.717) is 17.3 Å². The molecular weight excluding hydrogens is 308 g/mol. The van der Waals surface area contributed by atoms with E-state index in [0.717, 1.165) is 6.20 Å². The maximum atomic E-state index is 11.9. The summed E-state index contributed by atoms with van der Waals surface area (Å²) >= 11 is 3.11. The molecule has 0 aliphatic heterocycles. The number of aromatic nitrogens is 1. The Morgan fingerprint density at radius 2 is 2.24 bits per heavy atom. The van der Waals surface area contributed by atoms with Crippen molar-refractivity contribution in [3.63, 3.8) is 0 Å². The summed E-state index contributed by atoms with van der Waals surface area (Å²) in [5.41, 5.74) is 4.53. The van der Waals surface area contributed by atoms with E-state index in [1.54, 1.807) is 0 Å². The number of nitrogen functional groups attached to an aromatic ring is 1. The molecule has 1 aromatic rings. The number of pyridine rings is 1. The van der Waals surface area contributed by atoms with Crippen LogP contribution in [0.25, 0.3) is 0 Å². The average molecular weight is 317 g/mol. The van der Waals surface area contributed by atoms with E-state index < -0.39 is 15.6 Å². The molecule has 1 aromatic heterocycles. The molecule has 17 heavy (non-hydrogen) atoms. The maximum absolute atomic E-state index is 11.9. The fourth-order valence-electron chi connectivity index (χ4n) is 1.26. The summed E-state index contributed by atoms with van der Waals surface area (Å²) in [5, 5.41) is 8.84. The first-order valence-corrected chi connectivity index (χ1v) is 7.02. The van der Waals surface area contributed by atoms with Crippen molar-refractivity contribution in [2.75, 3.05) is 5.73 Å². The molecule has 1 saturated carbocycles. The highest BCUT2D eigenvalue weighted by atomic mass is 79.9. The Morgan fingerprint density at radius 1 is 1.59 bits per heavy atom. The summed E-state index contributed by atoms with van der Waals surface area (Å²) in [4.78, 5) is 3.74. The Balaban J connectivity index is 2.33. The van der Waals surface area contributed by atoms with Gasteiger partial charge in [-0.15, -0.1) is 0 Å². The molecular formula is C9H9BrN4O2S. The highest BCUT2D eigenvalue weighted by molar-refractivity contribution is 9.10. The van der Waals surface area contributed by atoms with Gasteiger partial charge in [0.2, 0.25) is 10.0 Å². The zero-order chi connectivity index (χ0) is 12.7. The van der Waals surface area contributed by atoms with E-state index >= 15 is 0 Å². The van der Waals surface area contributed by atoms with Gasteiger partial charge in [0.25, 0.3) is 0 Å². The first-order valence-electron chi connectivity index (χ1n) is 4.75. The summed E-state index contributed by atoms with van der Waals surface area (Å²) in [6.07, 6.45) is 2.23. The fourth-order valence-corrected chi connectivity index (χ4v) is 3.10. The number of hydrogen-bond acceptors (Lipinski definition) is 5. The maximum Gasteiger partial charge on any atom is 0.243 e. The second kappa shape index (κ2) is 3.94. The van der Waals surface area contributed by atoms with Gasteiger partial charge in [-0.25, -0.2) is 13.4 Å². The number of hydrogen-bond donors (Lipinski definition) is 2. The molecule has 1 aliphatic carbocycles. The lowest BCUT2D eigenvalue weighted by atomic mass is 10.3. The molecule has 90 valence electrons. The molecule has 0 aromatic carbocycles. The fraction of sp³-hybridized carbons (Fsp3) is 0.333. The molecule has 6 nitrogen and oxygen atoms in total. The molecule has 3 N–H and O–H groups in total. The van der Waals surface area contributed by atoms with Crippen molar-refractivity contribution in [1.29, 1.82) is 5.26 Å². The van der Waals surface area contributed by atoms with Crippen molar-refractivity contribution in [3.8, 4) is 6.07 Å². The molecule has 1 fully saturated rings. The number of sulfonamides is 1. The minimum atomic E-state index is -3.73. The van der Waals surface area contributed by atoms with E-state index in [2.05, 4.69) is 25.6 Å². The lowest BCUT2D eigenvalue weighted by Gasteiger charge is -2.10. The van der Waals surface area contributed by atoms with Crippen molar-refractivity contribution in [3.05, 3.63) is 16.7 Å². The Hall–Kier alpha value is -1.17. The van der Waals surface area contributed by atoms with Crippen LogP contribution in [-0.4, -0.2) is 18.9 Å². The van der Waals surface area contributed by atoms with Crippen LogP contribution in [0.2, 0.25) is 0 Å². The van der Waals surface area contributed by atoms with Gasteiger partial charge in [-0.1, -0.05) is 0 Å². The smallest absolute Gasteiger partial charge is 0.243 e. The van der Waals surface area contributed by atoms with Gasteiger partial charge in [0.1, 0.15) is 16.3 Å². The molecule has 0 amide bonds. The van der Waals surface area contributed by atoms with Gasteiger partial charge in [0, 0.05) is 6.20 Å². The number of anilines is 1. The summed E-state index contributed by atoms with van der Waals surface area (Å²) < 4.78 is 26.7. The van der Waals surface area contributed by atoms with Gasteiger partial charge in [0.15, 0.2) is 0 Å². The first-order chi connectivity index (χ1) is 7.88. The number of nitrogens with zero attached hydrogens (tertiary/aromatic N) is 2. The summed E-state index contributed by atoms with van der Waals surface area (Å²) in [5.74, 6) is 0.213. The highest BCUT2D eigenvalue weighted by Gasteiger charge is 2.46. The third kappa shape index (κ3) is 2.41. The van der Waals surface area contributed by atoms with Crippen molar-refractivity contribution in [1.82, 2.24) is 9.71 Å². The highest BCUT2D eigenvalue weighted by Crippen LogP contribution is 2.36. The van der Waals surface area contributed by atoms with Gasteiger partial charge in [0.05, 0.1) is 10.5 Å². The molecule has 2 rings (SSSR count). The number of nitrogens with two attached hydrogens (primary N) is 1. The topological polar surface area (TPSA) is 109 Å². The number of nitriles is 1. The van der Waals surface area contributed by atoms with Crippen LogP contribution in [0.1, 0.15) is 12.8 Å². The molecule has 0 saturated heterocycles. The number of halogens is 1. The van der Waals surface area contributed by atoms with Crippen LogP contribution in [0.5, 0.6) is 0 Å². The minimum absolute atomic E-state index is 0.0138. The average Bonchev–Trinajstić information content (AvgIpc) is 3.02. The van der Waals surface area contributed by atoms with E-state index in [1.807, 2.05) is 6.07 Å². The molecule has 0 atom stereocenters. The zero-order valence-corrected chi connectivity index (χ0v) is 11.0. The monoisotopic (exact) mass is 316 g/mol. The summed E-state index contributed by atoms with van der Waals surface area (Å²) in [6, 6.07) is 3.32. The molecule has 8 heteroatoms. The molecule has 0 unspecified atom stereocenters. The lowest BCUT2D eigenvalue weighted by molar-refractivity contribution is 0.570. The van der Waals surface area contributed by atoms with E-state index in [4.69, 9.17) is 11.0 Å². The largest absolute Gasteiger partial charge is 0.383 e. The Bertz CT molecular complexity index is 604. The van der Waals surface area contributed by atoms with Crippen molar-refractivity contribution in [2.24, 2.45) is 0 Å². The predicted molar refractivity (Wildman–Crippen MR) is 64.2 cm³/mol. The van der Waals surface area contributed by atoms with Crippen LogP contribution < -0.4 is 10.5 Å². The van der Waals surface area contributed by atoms with Crippen LogP contribution in [0.15, 0.2) is 21.6 Å². The third-order valence-electron chi connectivity index (χ3n) is 2.45. The summed E-state index contributed by atoms with van der Waals surface area (Å²) in [6.45, 7) is 0. The normalized spacial score (nSPS) is 17.4. The second-order valence-corrected chi connectivity index (χ2v) is 6.37. The van der Waals surface area contributed by atoms with Crippen LogP contribution in [0, 0.1) is 11.3 Å². The molecule has 1 aliphatic rings. The van der Waals surface area contributed by atoms with Crippen molar-refractivity contribution >= 4 is 31.8 Å². The summed E-state index contributed by atoms with van der Waals surface area (Å²) in [7, 11) is -3.73. The van der Waals surface area contributed by atoms with Gasteiger partial charge in [-0.05, 0) is 34.8 Å². The molecule has 0 spiro atoms. The molecule has 0 bridgehead atoms. The Labute approximate surface area is 107 Å². The van der Waals surface area contributed by atoms with Gasteiger partial charge >= 0.3 is 0 Å². The van der Waals surface area contributed by atoms with Crippen LogP contribution in [0.3, 0.4) is 0 Å². The van der Waals surface area contributed by atoms with Gasteiger partial charge in [-0.3, -0.25) is 0 Å². The van der Waals surface area contributed by atoms with Crippen LogP contribution in [-0.2, 0) is 10.0 Å². The SMILES string of the molecule is N#CC1(NS(=O)(=O)c2cnc(N)c(Br)c2)CC1. The zero-order valence-electron chi connectivity index (χ0n) is 8.64. The predicted octanol–water partition coefficient (Wildman–Crippen LogP) is 0.761.